The Morgan fingerprint density at radius 1 is 1.56 bits per heavy atom. The Labute approximate surface area is 107 Å². The third kappa shape index (κ3) is 2.63. The average Bonchev–Trinajstić information content (AvgIpc) is 2.86. The number of hydrogen-bond donors (Lipinski definition) is 0. The van der Waals surface area contributed by atoms with Crippen LogP contribution in [0.15, 0.2) is 4.52 Å². The minimum Gasteiger partial charge on any atom is -0.339 e. The number of aryl methyl sites for hydroxylation is 1. The lowest BCUT2D eigenvalue weighted by Crippen LogP contribution is -2.44. The SMILES string of the molecule is CCc1noc(C2CCCN(C(=O)N(C)C)C2)n1. The second-order valence-corrected chi connectivity index (χ2v) is 4.86. The molecule has 0 radical (unpaired) electrons. The van der Waals surface area contributed by atoms with Crippen molar-refractivity contribution in [2.24, 2.45) is 0 Å². The molecule has 0 spiro atoms. The number of likely N-dealkylation sites (tertiary alicyclic amines) is 1. The van der Waals surface area contributed by atoms with Crippen LogP contribution < -0.4 is 0 Å². The highest BCUT2D eigenvalue weighted by atomic mass is 16.5. The molecule has 0 saturated carbocycles. The van der Waals surface area contributed by atoms with Crippen molar-refractivity contribution in [3.05, 3.63) is 11.7 Å². The molecule has 1 aromatic heterocycles. The Hall–Kier alpha value is -1.59. The highest BCUT2D eigenvalue weighted by molar-refractivity contribution is 5.74. The lowest BCUT2D eigenvalue weighted by molar-refractivity contribution is 0.149. The number of rotatable bonds is 2. The van der Waals surface area contributed by atoms with Crippen molar-refractivity contribution in [2.45, 2.75) is 32.1 Å². The summed E-state index contributed by atoms with van der Waals surface area (Å²) in [7, 11) is 3.54. The fraction of sp³-hybridized carbons (Fsp3) is 0.750. The van der Waals surface area contributed by atoms with Crippen LogP contribution >= 0.6 is 0 Å². The van der Waals surface area contributed by atoms with Crippen molar-refractivity contribution in [1.29, 1.82) is 0 Å². The van der Waals surface area contributed by atoms with Crippen LogP contribution in [0, 0.1) is 0 Å². The number of carbonyl (C=O) groups excluding carboxylic acids is 1. The fourth-order valence-corrected chi connectivity index (χ4v) is 2.21. The molecule has 0 aliphatic carbocycles. The number of urea groups is 1. The van der Waals surface area contributed by atoms with Crippen molar-refractivity contribution < 1.29 is 9.32 Å². The first-order valence-electron chi connectivity index (χ1n) is 6.40. The molecule has 0 bridgehead atoms. The first kappa shape index (κ1) is 12.9. The third-order valence-electron chi connectivity index (χ3n) is 3.22. The van der Waals surface area contributed by atoms with Gasteiger partial charge in [-0.2, -0.15) is 4.98 Å². The zero-order valence-electron chi connectivity index (χ0n) is 11.2. The van der Waals surface area contributed by atoms with Crippen LogP contribution in [-0.2, 0) is 6.42 Å². The largest absolute Gasteiger partial charge is 0.339 e. The molecule has 1 fully saturated rings. The van der Waals surface area contributed by atoms with Crippen molar-refractivity contribution in [3.63, 3.8) is 0 Å². The summed E-state index contributed by atoms with van der Waals surface area (Å²) in [5, 5.41) is 3.91. The predicted octanol–water partition coefficient (Wildman–Crippen LogP) is 1.49. The Morgan fingerprint density at radius 2 is 2.33 bits per heavy atom. The van der Waals surface area contributed by atoms with Gasteiger partial charge in [0, 0.05) is 33.6 Å². The van der Waals surface area contributed by atoms with E-state index in [1.54, 1.807) is 19.0 Å². The highest BCUT2D eigenvalue weighted by Gasteiger charge is 2.28. The maximum atomic E-state index is 11.9. The second kappa shape index (κ2) is 5.37. The van der Waals surface area contributed by atoms with Gasteiger partial charge in [-0.15, -0.1) is 0 Å². The summed E-state index contributed by atoms with van der Waals surface area (Å²) in [6, 6.07) is 0.0509. The number of piperidine rings is 1. The molecular formula is C12H20N4O2. The van der Waals surface area contributed by atoms with Crippen LogP contribution in [-0.4, -0.2) is 53.2 Å². The van der Waals surface area contributed by atoms with Crippen molar-refractivity contribution in [3.8, 4) is 0 Å². The molecule has 1 atom stereocenters. The minimum absolute atomic E-state index is 0.0509. The van der Waals surface area contributed by atoms with Gasteiger partial charge in [0.25, 0.3) is 0 Å². The molecule has 1 aliphatic heterocycles. The molecule has 6 heteroatoms. The third-order valence-corrected chi connectivity index (χ3v) is 3.22. The molecule has 6 nitrogen and oxygen atoms in total. The molecule has 100 valence electrons. The van der Waals surface area contributed by atoms with Gasteiger partial charge >= 0.3 is 6.03 Å². The van der Waals surface area contributed by atoms with E-state index in [9.17, 15) is 4.79 Å². The lowest BCUT2D eigenvalue weighted by atomic mass is 9.98. The maximum Gasteiger partial charge on any atom is 0.319 e. The van der Waals surface area contributed by atoms with E-state index >= 15 is 0 Å². The molecule has 0 aromatic carbocycles. The second-order valence-electron chi connectivity index (χ2n) is 4.86. The molecule has 2 amide bonds. The van der Waals surface area contributed by atoms with E-state index in [2.05, 4.69) is 10.1 Å². The van der Waals surface area contributed by atoms with Crippen LogP contribution in [0.4, 0.5) is 4.79 Å². The van der Waals surface area contributed by atoms with Gasteiger partial charge in [-0.25, -0.2) is 4.79 Å². The molecule has 1 aliphatic rings. The maximum absolute atomic E-state index is 11.9. The van der Waals surface area contributed by atoms with E-state index < -0.39 is 0 Å². The molecule has 0 N–H and O–H groups in total. The number of nitrogens with zero attached hydrogens (tertiary/aromatic N) is 4. The van der Waals surface area contributed by atoms with Crippen LogP contribution in [0.1, 0.15) is 37.4 Å². The summed E-state index contributed by atoms with van der Waals surface area (Å²) >= 11 is 0. The summed E-state index contributed by atoms with van der Waals surface area (Å²) in [5.74, 6) is 1.58. The zero-order valence-corrected chi connectivity index (χ0v) is 11.2. The molecule has 1 saturated heterocycles. The van der Waals surface area contributed by atoms with Gasteiger partial charge in [-0.05, 0) is 12.8 Å². The van der Waals surface area contributed by atoms with Gasteiger partial charge in [0.15, 0.2) is 5.82 Å². The van der Waals surface area contributed by atoms with Gasteiger partial charge in [0.05, 0.1) is 5.92 Å². The van der Waals surface area contributed by atoms with Gasteiger partial charge in [0.2, 0.25) is 5.89 Å². The first-order valence-corrected chi connectivity index (χ1v) is 6.40. The number of carbonyl (C=O) groups is 1. The van der Waals surface area contributed by atoms with Crippen molar-refractivity contribution >= 4 is 6.03 Å². The van der Waals surface area contributed by atoms with E-state index in [1.807, 2.05) is 11.8 Å². The van der Waals surface area contributed by atoms with Crippen molar-refractivity contribution in [2.75, 3.05) is 27.2 Å². The van der Waals surface area contributed by atoms with Gasteiger partial charge in [-0.1, -0.05) is 12.1 Å². The average molecular weight is 252 g/mol. The first-order chi connectivity index (χ1) is 8.61. The Morgan fingerprint density at radius 3 is 2.94 bits per heavy atom. The van der Waals surface area contributed by atoms with Gasteiger partial charge < -0.3 is 14.3 Å². The monoisotopic (exact) mass is 252 g/mol. The van der Waals surface area contributed by atoms with E-state index in [-0.39, 0.29) is 11.9 Å². The number of amides is 2. The lowest BCUT2D eigenvalue weighted by Gasteiger charge is -2.32. The van der Waals surface area contributed by atoms with Crippen LogP contribution in [0.5, 0.6) is 0 Å². The topological polar surface area (TPSA) is 62.5 Å². The van der Waals surface area contributed by atoms with E-state index in [4.69, 9.17) is 4.52 Å². The Bertz CT molecular complexity index is 416. The summed E-state index contributed by atoms with van der Waals surface area (Å²) in [5.41, 5.74) is 0. The Kier molecular flexibility index (Phi) is 3.84. The standard InChI is InChI=1S/C12H20N4O2/c1-4-10-13-11(18-14-10)9-6-5-7-16(8-9)12(17)15(2)3/h9H,4-8H2,1-3H3. The van der Waals surface area contributed by atoms with E-state index in [1.165, 1.54) is 0 Å². The fourth-order valence-electron chi connectivity index (χ4n) is 2.21. The summed E-state index contributed by atoms with van der Waals surface area (Å²) in [6.07, 6.45) is 2.76. The minimum atomic E-state index is 0.0509. The molecule has 2 heterocycles. The predicted molar refractivity (Wildman–Crippen MR) is 66.3 cm³/mol. The van der Waals surface area contributed by atoms with Crippen LogP contribution in [0.25, 0.3) is 0 Å². The zero-order chi connectivity index (χ0) is 13.1. The summed E-state index contributed by atoms with van der Waals surface area (Å²) in [6.45, 7) is 3.47. The summed E-state index contributed by atoms with van der Waals surface area (Å²) < 4.78 is 5.27. The molecule has 1 aromatic rings. The van der Waals surface area contributed by atoms with Crippen LogP contribution in [0.3, 0.4) is 0 Å². The molecule has 18 heavy (non-hydrogen) atoms. The van der Waals surface area contributed by atoms with E-state index in [0.717, 1.165) is 31.6 Å². The molecule has 2 rings (SSSR count). The normalized spacial score (nSPS) is 19.9. The Balaban J connectivity index is 2.04. The van der Waals surface area contributed by atoms with Crippen molar-refractivity contribution in [1.82, 2.24) is 19.9 Å². The molecule has 1 unspecified atom stereocenters. The van der Waals surface area contributed by atoms with Gasteiger partial charge in [-0.3, -0.25) is 0 Å². The van der Waals surface area contributed by atoms with Crippen LogP contribution in [0.2, 0.25) is 0 Å². The highest BCUT2D eigenvalue weighted by Crippen LogP contribution is 2.26. The molecular weight excluding hydrogens is 232 g/mol. The quantitative estimate of drug-likeness (QED) is 0.800. The number of aromatic nitrogens is 2. The number of hydrogen-bond acceptors (Lipinski definition) is 4. The summed E-state index contributed by atoms with van der Waals surface area (Å²) in [4.78, 5) is 19.7. The van der Waals surface area contributed by atoms with Gasteiger partial charge in [0.1, 0.15) is 0 Å². The van der Waals surface area contributed by atoms with E-state index in [0.29, 0.717) is 12.4 Å². The smallest absolute Gasteiger partial charge is 0.319 e.